The molecule has 0 aromatic heterocycles. The fraction of sp³-hybridized carbons (Fsp3) is 0.269. The summed E-state index contributed by atoms with van der Waals surface area (Å²) in [5.74, 6) is 0.686. The van der Waals surface area contributed by atoms with E-state index in [2.05, 4.69) is 34.6 Å². The Labute approximate surface area is 190 Å². The molecule has 1 saturated heterocycles. The minimum atomic E-state index is -4.33. The van der Waals surface area contributed by atoms with Gasteiger partial charge in [0.05, 0.1) is 5.56 Å². The normalized spacial score (nSPS) is 18.2. The van der Waals surface area contributed by atoms with Gasteiger partial charge in [0, 0.05) is 38.0 Å². The van der Waals surface area contributed by atoms with Crippen molar-refractivity contribution in [3.8, 4) is 11.1 Å². The van der Waals surface area contributed by atoms with E-state index in [0.717, 1.165) is 61.3 Å². The quantitative estimate of drug-likeness (QED) is 0.557. The van der Waals surface area contributed by atoms with E-state index in [-0.39, 0.29) is 0 Å². The zero-order valence-corrected chi connectivity index (χ0v) is 18.0. The molecule has 0 saturated carbocycles. The number of halogens is 3. The molecule has 2 aliphatic rings. The standard InChI is InChI=1S/C26H24F3N3O/c27-26(28,29)23-12-10-21(11-13-23)20-6-8-22(9-7-20)24-30-25(33-31-24)14-16-32(17-15-25)18-19-4-2-1-3-5-19/h1-13H,14-18H2,(H,30,31). The number of alkyl halides is 3. The second kappa shape index (κ2) is 8.65. The summed E-state index contributed by atoms with van der Waals surface area (Å²) in [5.41, 5.74) is 5.55. The summed E-state index contributed by atoms with van der Waals surface area (Å²) in [5, 5.41) is 0. The number of hydrogen-bond acceptors (Lipinski definition) is 4. The van der Waals surface area contributed by atoms with Gasteiger partial charge >= 0.3 is 6.18 Å². The molecule has 4 nitrogen and oxygen atoms in total. The molecule has 0 amide bonds. The number of piperidine rings is 1. The highest BCUT2D eigenvalue weighted by Gasteiger charge is 2.40. The van der Waals surface area contributed by atoms with Gasteiger partial charge in [-0.15, -0.1) is 0 Å². The van der Waals surface area contributed by atoms with Gasteiger partial charge in [-0.1, -0.05) is 66.7 Å². The van der Waals surface area contributed by atoms with Gasteiger partial charge in [-0.3, -0.25) is 4.90 Å². The summed E-state index contributed by atoms with van der Waals surface area (Å²) in [6.45, 7) is 2.73. The molecule has 33 heavy (non-hydrogen) atoms. The van der Waals surface area contributed by atoms with Crippen molar-refractivity contribution in [2.24, 2.45) is 4.99 Å². The van der Waals surface area contributed by atoms with Gasteiger partial charge in [0.15, 0.2) is 11.6 Å². The van der Waals surface area contributed by atoms with Crippen LogP contribution in [0.4, 0.5) is 13.2 Å². The van der Waals surface area contributed by atoms with Crippen molar-refractivity contribution >= 4 is 5.84 Å². The number of aliphatic imine (C=N–C) groups is 1. The van der Waals surface area contributed by atoms with E-state index < -0.39 is 17.5 Å². The van der Waals surface area contributed by atoms with E-state index in [4.69, 9.17) is 9.83 Å². The van der Waals surface area contributed by atoms with Crippen LogP contribution in [0.5, 0.6) is 0 Å². The van der Waals surface area contributed by atoms with Crippen LogP contribution in [-0.4, -0.2) is 29.6 Å². The van der Waals surface area contributed by atoms with Gasteiger partial charge in [-0.2, -0.15) is 13.2 Å². The average molecular weight is 451 g/mol. The molecule has 0 bridgehead atoms. The fourth-order valence-electron chi connectivity index (χ4n) is 4.30. The Morgan fingerprint density at radius 2 is 1.39 bits per heavy atom. The minimum Gasteiger partial charge on any atom is -0.299 e. The summed E-state index contributed by atoms with van der Waals surface area (Å²) in [7, 11) is 0. The monoisotopic (exact) mass is 451 g/mol. The molecule has 0 unspecified atom stereocenters. The molecule has 2 heterocycles. The van der Waals surface area contributed by atoms with Crippen LogP contribution in [0, 0.1) is 0 Å². The van der Waals surface area contributed by atoms with Gasteiger partial charge in [0.25, 0.3) is 0 Å². The number of amidine groups is 1. The Bertz CT molecular complexity index is 1120. The summed E-state index contributed by atoms with van der Waals surface area (Å²) in [4.78, 5) is 13.2. The molecule has 3 aromatic rings. The largest absolute Gasteiger partial charge is 0.416 e. The zero-order valence-electron chi connectivity index (χ0n) is 18.0. The lowest BCUT2D eigenvalue weighted by atomic mass is 10.00. The zero-order chi connectivity index (χ0) is 22.9. The van der Waals surface area contributed by atoms with Crippen LogP contribution in [0.15, 0.2) is 83.9 Å². The lowest BCUT2D eigenvalue weighted by Crippen LogP contribution is -2.44. The maximum Gasteiger partial charge on any atom is 0.416 e. The van der Waals surface area contributed by atoms with Crippen molar-refractivity contribution < 1.29 is 18.0 Å². The van der Waals surface area contributed by atoms with Crippen molar-refractivity contribution in [3.63, 3.8) is 0 Å². The van der Waals surface area contributed by atoms with E-state index in [1.165, 1.54) is 17.7 Å². The Morgan fingerprint density at radius 1 is 0.818 bits per heavy atom. The molecule has 1 fully saturated rings. The van der Waals surface area contributed by atoms with Crippen molar-refractivity contribution in [1.82, 2.24) is 10.4 Å². The molecule has 0 atom stereocenters. The molecule has 1 N–H and O–H groups in total. The lowest BCUT2D eigenvalue weighted by Gasteiger charge is -2.35. The summed E-state index contributed by atoms with van der Waals surface area (Å²) >= 11 is 0. The van der Waals surface area contributed by atoms with E-state index in [0.29, 0.717) is 5.84 Å². The Kier molecular flexibility index (Phi) is 5.68. The predicted octanol–water partition coefficient (Wildman–Crippen LogP) is 5.65. The Hall–Kier alpha value is -3.16. The number of rotatable bonds is 4. The molecule has 0 aliphatic carbocycles. The van der Waals surface area contributed by atoms with Crippen LogP contribution in [0.3, 0.4) is 0 Å². The highest BCUT2D eigenvalue weighted by Crippen LogP contribution is 2.33. The molecule has 1 spiro atoms. The van der Waals surface area contributed by atoms with Gasteiger partial charge in [-0.25, -0.2) is 15.3 Å². The van der Waals surface area contributed by atoms with E-state index in [1.54, 1.807) is 0 Å². The van der Waals surface area contributed by atoms with Crippen molar-refractivity contribution in [1.29, 1.82) is 0 Å². The third-order valence-corrected chi connectivity index (χ3v) is 6.24. The molecule has 3 aromatic carbocycles. The smallest absolute Gasteiger partial charge is 0.299 e. The maximum atomic E-state index is 12.8. The summed E-state index contributed by atoms with van der Waals surface area (Å²) in [6.07, 6.45) is -2.72. The molecule has 5 rings (SSSR count). The number of hydrogen-bond donors (Lipinski definition) is 1. The van der Waals surface area contributed by atoms with Crippen LogP contribution in [0.25, 0.3) is 11.1 Å². The van der Waals surface area contributed by atoms with Crippen molar-refractivity contribution in [2.45, 2.75) is 31.3 Å². The minimum absolute atomic E-state index is 0.547. The summed E-state index contributed by atoms with van der Waals surface area (Å²) < 4.78 is 38.4. The Morgan fingerprint density at radius 3 is 2.00 bits per heavy atom. The van der Waals surface area contributed by atoms with Crippen molar-refractivity contribution in [3.05, 3.63) is 95.6 Å². The SMILES string of the molecule is FC(F)(F)c1ccc(-c2ccc(C3=NC4(CCN(Cc5ccccc5)CC4)ON3)cc2)cc1. The van der Waals surface area contributed by atoms with E-state index in [1.807, 2.05) is 30.3 Å². The number of nitrogens with zero attached hydrogens (tertiary/aromatic N) is 2. The second-order valence-electron chi connectivity index (χ2n) is 8.52. The summed E-state index contributed by atoms with van der Waals surface area (Å²) in [6, 6.07) is 23.2. The van der Waals surface area contributed by atoms with Crippen LogP contribution in [-0.2, 0) is 17.6 Å². The fourth-order valence-corrected chi connectivity index (χ4v) is 4.30. The first-order valence-corrected chi connectivity index (χ1v) is 11.0. The van der Waals surface area contributed by atoms with Gasteiger partial charge in [0.1, 0.15) is 0 Å². The van der Waals surface area contributed by atoms with Crippen LogP contribution >= 0.6 is 0 Å². The maximum absolute atomic E-state index is 12.8. The Balaban J connectivity index is 1.23. The lowest BCUT2D eigenvalue weighted by molar-refractivity contribution is -0.137. The molecular formula is C26H24F3N3O. The van der Waals surface area contributed by atoms with E-state index in [9.17, 15) is 13.2 Å². The topological polar surface area (TPSA) is 36.9 Å². The number of likely N-dealkylation sites (tertiary alicyclic amines) is 1. The van der Waals surface area contributed by atoms with Crippen molar-refractivity contribution in [2.75, 3.05) is 13.1 Å². The molecular weight excluding hydrogens is 427 g/mol. The first-order chi connectivity index (χ1) is 15.9. The molecule has 0 radical (unpaired) electrons. The highest BCUT2D eigenvalue weighted by atomic mass is 19.4. The third-order valence-electron chi connectivity index (χ3n) is 6.24. The van der Waals surface area contributed by atoms with E-state index >= 15 is 0 Å². The van der Waals surface area contributed by atoms with Gasteiger partial charge in [-0.05, 0) is 28.8 Å². The third kappa shape index (κ3) is 4.79. The van der Waals surface area contributed by atoms with Crippen LogP contribution in [0.1, 0.15) is 29.5 Å². The highest BCUT2D eigenvalue weighted by molar-refractivity contribution is 5.99. The number of benzene rings is 3. The molecule has 2 aliphatic heterocycles. The number of hydroxylamine groups is 1. The van der Waals surface area contributed by atoms with Crippen LogP contribution in [0.2, 0.25) is 0 Å². The predicted molar refractivity (Wildman–Crippen MR) is 121 cm³/mol. The number of nitrogens with one attached hydrogen (secondary N) is 1. The first kappa shape index (κ1) is 21.7. The van der Waals surface area contributed by atoms with Gasteiger partial charge in [0.2, 0.25) is 0 Å². The molecule has 170 valence electrons. The molecule has 7 heteroatoms. The first-order valence-electron chi connectivity index (χ1n) is 11.0. The second-order valence-corrected chi connectivity index (χ2v) is 8.52. The van der Waals surface area contributed by atoms with Gasteiger partial charge < -0.3 is 0 Å². The van der Waals surface area contributed by atoms with Crippen LogP contribution < -0.4 is 5.48 Å². The average Bonchev–Trinajstić information content (AvgIpc) is 3.25.